The summed E-state index contributed by atoms with van der Waals surface area (Å²) < 4.78 is 10.7. The topological polar surface area (TPSA) is 85.4 Å². The summed E-state index contributed by atoms with van der Waals surface area (Å²) in [6.07, 6.45) is 0. The van der Waals surface area contributed by atoms with Gasteiger partial charge in [-0.2, -0.15) is 0 Å². The van der Waals surface area contributed by atoms with Gasteiger partial charge >= 0.3 is 6.03 Å². The van der Waals surface area contributed by atoms with Crippen molar-refractivity contribution < 1.29 is 14.3 Å². The molecule has 0 aliphatic carbocycles. The zero-order valence-electron chi connectivity index (χ0n) is 14.4. The van der Waals surface area contributed by atoms with Crippen LogP contribution in [0.15, 0.2) is 48.5 Å². The van der Waals surface area contributed by atoms with Crippen LogP contribution in [-0.4, -0.2) is 23.3 Å². The van der Waals surface area contributed by atoms with Gasteiger partial charge in [-0.15, -0.1) is 10.2 Å². The number of rotatable bonds is 6. The third kappa shape index (κ3) is 4.93. The van der Waals surface area contributed by atoms with Gasteiger partial charge in [0.15, 0.2) is 5.01 Å². The number of ether oxygens (including phenoxy) is 2. The van der Waals surface area contributed by atoms with Gasteiger partial charge in [0.1, 0.15) is 18.1 Å². The molecule has 2 N–H and O–H groups in total. The van der Waals surface area contributed by atoms with Gasteiger partial charge in [0, 0.05) is 5.69 Å². The molecule has 0 unspecified atom stereocenters. The van der Waals surface area contributed by atoms with Crippen LogP contribution in [0, 0.1) is 6.92 Å². The molecule has 0 aliphatic heterocycles. The lowest BCUT2D eigenvalue weighted by molar-refractivity contribution is 0.262. The fraction of sp³-hybridized carbons (Fsp3) is 0.167. The predicted molar refractivity (Wildman–Crippen MR) is 101 cm³/mol. The van der Waals surface area contributed by atoms with Crippen LogP contribution in [0.1, 0.15) is 10.6 Å². The maximum atomic E-state index is 12.0. The molecule has 0 spiro atoms. The molecule has 1 aromatic heterocycles. The molecule has 134 valence electrons. The molecule has 0 atom stereocenters. The highest BCUT2D eigenvalue weighted by Crippen LogP contribution is 2.19. The molecule has 3 aromatic rings. The van der Waals surface area contributed by atoms with Crippen molar-refractivity contribution in [3.63, 3.8) is 0 Å². The number of hydrogen-bond donors (Lipinski definition) is 2. The van der Waals surface area contributed by atoms with Crippen molar-refractivity contribution in [1.29, 1.82) is 0 Å². The van der Waals surface area contributed by atoms with Crippen molar-refractivity contribution in [3.05, 3.63) is 59.1 Å². The smallest absolute Gasteiger partial charge is 0.325 e. The normalized spacial score (nSPS) is 10.2. The Morgan fingerprint density at radius 3 is 2.38 bits per heavy atom. The van der Waals surface area contributed by atoms with Crippen molar-refractivity contribution in [2.24, 2.45) is 0 Å². The van der Waals surface area contributed by atoms with E-state index in [-0.39, 0.29) is 0 Å². The van der Waals surface area contributed by atoms with Gasteiger partial charge in [-0.1, -0.05) is 29.0 Å². The average molecular weight is 370 g/mol. The molecule has 0 saturated carbocycles. The van der Waals surface area contributed by atoms with E-state index in [9.17, 15) is 4.79 Å². The summed E-state index contributed by atoms with van der Waals surface area (Å²) in [5.41, 5.74) is 1.82. The van der Waals surface area contributed by atoms with Gasteiger partial charge in [-0.3, -0.25) is 5.32 Å². The third-order valence-electron chi connectivity index (χ3n) is 3.42. The van der Waals surface area contributed by atoms with E-state index in [1.54, 1.807) is 31.4 Å². The number of methoxy groups -OCH3 is 1. The molecule has 0 fully saturated rings. The van der Waals surface area contributed by atoms with Crippen LogP contribution < -0.4 is 20.1 Å². The quantitative estimate of drug-likeness (QED) is 0.683. The zero-order chi connectivity index (χ0) is 18.4. The number of benzene rings is 2. The van der Waals surface area contributed by atoms with Crippen molar-refractivity contribution in [3.8, 4) is 11.5 Å². The minimum absolute atomic E-state index is 0.294. The van der Waals surface area contributed by atoms with Crippen molar-refractivity contribution in [1.82, 2.24) is 10.2 Å². The number of aryl methyl sites for hydroxylation is 1. The Morgan fingerprint density at radius 1 is 1.00 bits per heavy atom. The molecule has 26 heavy (non-hydrogen) atoms. The number of hydrogen-bond acceptors (Lipinski definition) is 6. The van der Waals surface area contributed by atoms with Crippen molar-refractivity contribution >= 4 is 28.2 Å². The molecule has 0 radical (unpaired) electrons. The summed E-state index contributed by atoms with van der Waals surface area (Å²) in [4.78, 5) is 12.0. The second-order valence-corrected chi connectivity index (χ2v) is 6.47. The first-order chi connectivity index (χ1) is 12.6. The molecule has 1 heterocycles. The molecule has 0 saturated heterocycles. The van der Waals surface area contributed by atoms with Crippen LogP contribution in [0.5, 0.6) is 11.5 Å². The minimum Gasteiger partial charge on any atom is -0.497 e. The number of nitrogens with one attached hydrogen (secondary N) is 2. The molecule has 2 amide bonds. The summed E-state index contributed by atoms with van der Waals surface area (Å²) >= 11 is 1.26. The minimum atomic E-state index is -0.391. The number of carbonyl (C=O) groups is 1. The lowest BCUT2D eigenvalue weighted by Gasteiger charge is -2.06. The average Bonchev–Trinajstić information content (AvgIpc) is 3.09. The zero-order valence-corrected chi connectivity index (χ0v) is 15.2. The highest BCUT2D eigenvalue weighted by molar-refractivity contribution is 7.15. The Kier molecular flexibility index (Phi) is 5.65. The van der Waals surface area contributed by atoms with Gasteiger partial charge in [0.05, 0.1) is 7.11 Å². The second kappa shape index (κ2) is 8.30. The lowest BCUT2D eigenvalue weighted by atomic mass is 10.2. The molecule has 0 aliphatic rings. The van der Waals surface area contributed by atoms with Crippen LogP contribution >= 0.6 is 11.3 Å². The van der Waals surface area contributed by atoms with E-state index < -0.39 is 6.03 Å². The third-order valence-corrected chi connectivity index (χ3v) is 4.23. The maximum absolute atomic E-state index is 12.0. The first-order valence-corrected chi connectivity index (χ1v) is 8.68. The van der Waals surface area contributed by atoms with E-state index >= 15 is 0 Å². The Morgan fingerprint density at radius 2 is 1.69 bits per heavy atom. The fourth-order valence-electron chi connectivity index (χ4n) is 2.08. The summed E-state index contributed by atoms with van der Waals surface area (Å²) in [6, 6.07) is 14.4. The van der Waals surface area contributed by atoms with E-state index in [0.717, 1.165) is 11.5 Å². The van der Waals surface area contributed by atoms with Gasteiger partial charge < -0.3 is 14.8 Å². The molecule has 7 nitrogen and oxygen atoms in total. The largest absolute Gasteiger partial charge is 0.497 e. The fourth-order valence-corrected chi connectivity index (χ4v) is 2.72. The Hall–Kier alpha value is -3.13. The summed E-state index contributed by atoms with van der Waals surface area (Å²) in [7, 11) is 1.59. The van der Waals surface area contributed by atoms with Crippen LogP contribution in [-0.2, 0) is 6.61 Å². The number of aromatic nitrogens is 2. The number of nitrogens with zero attached hydrogens (tertiary/aromatic N) is 2. The van der Waals surface area contributed by atoms with E-state index in [1.165, 1.54) is 16.9 Å². The van der Waals surface area contributed by atoms with Crippen molar-refractivity contribution in [2.45, 2.75) is 13.5 Å². The Bertz CT molecular complexity index is 863. The number of anilines is 2. The standard InChI is InChI=1S/C18H18N4O3S/c1-12-3-7-15(8-4-12)25-11-16-21-22-18(26-16)20-17(23)19-13-5-9-14(24-2)10-6-13/h3-10H,11H2,1-2H3,(H2,19,20,22,23). The van der Waals surface area contributed by atoms with Gasteiger partial charge in [0.25, 0.3) is 0 Å². The van der Waals surface area contributed by atoms with Crippen LogP contribution in [0.4, 0.5) is 15.6 Å². The van der Waals surface area contributed by atoms with Gasteiger partial charge in [-0.25, -0.2) is 4.79 Å². The Balaban J connectivity index is 1.50. The molecule has 2 aromatic carbocycles. The van der Waals surface area contributed by atoms with Gasteiger partial charge in [0.2, 0.25) is 5.13 Å². The molecule has 8 heteroatoms. The highest BCUT2D eigenvalue weighted by atomic mass is 32.1. The number of urea groups is 1. The second-order valence-electron chi connectivity index (χ2n) is 5.41. The van der Waals surface area contributed by atoms with E-state index in [2.05, 4.69) is 20.8 Å². The molecule has 0 bridgehead atoms. The summed E-state index contributed by atoms with van der Waals surface area (Å²) in [5, 5.41) is 14.4. The number of amides is 2. The molecular formula is C18H18N4O3S. The van der Waals surface area contributed by atoms with Crippen LogP contribution in [0.3, 0.4) is 0 Å². The van der Waals surface area contributed by atoms with E-state index in [4.69, 9.17) is 9.47 Å². The summed E-state index contributed by atoms with van der Waals surface area (Å²) in [5.74, 6) is 1.48. The van der Waals surface area contributed by atoms with E-state index in [0.29, 0.717) is 22.4 Å². The molecule has 3 rings (SSSR count). The van der Waals surface area contributed by atoms with Gasteiger partial charge in [-0.05, 0) is 43.3 Å². The van der Waals surface area contributed by atoms with Crippen LogP contribution in [0.2, 0.25) is 0 Å². The lowest BCUT2D eigenvalue weighted by Crippen LogP contribution is -2.19. The molecular weight excluding hydrogens is 352 g/mol. The van der Waals surface area contributed by atoms with E-state index in [1.807, 2.05) is 31.2 Å². The number of carbonyl (C=O) groups excluding carboxylic acids is 1. The highest BCUT2D eigenvalue weighted by Gasteiger charge is 2.09. The maximum Gasteiger partial charge on any atom is 0.325 e. The monoisotopic (exact) mass is 370 g/mol. The predicted octanol–water partition coefficient (Wildman–Crippen LogP) is 4.08. The van der Waals surface area contributed by atoms with Crippen LogP contribution in [0.25, 0.3) is 0 Å². The van der Waals surface area contributed by atoms with Crippen molar-refractivity contribution in [2.75, 3.05) is 17.7 Å². The first kappa shape index (κ1) is 17.7. The summed E-state index contributed by atoms with van der Waals surface area (Å²) in [6.45, 7) is 2.31. The first-order valence-electron chi connectivity index (χ1n) is 7.86. The Labute approximate surface area is 155 Å². The SMILES string of the molecule is COc1ccc(NC(=O)Nc2nnc(COc3ccc(C)cc3)s2)cc1.